The van der Waals surface area contributed by atoms with Crippen molar-refractivity contribution in [1.82, 2.24) is 15.0 Å². The molecule has 0 saturated carbocycles. The van der Waals surface area contributed by atoms with E-state index in [1.807, 2.05) is 0 Å². The van der Waals surface area contributed by atoms with Crippen molar-refractivity contribution in [3.05, 3.63) is 42.0 Å². The Labute approximate surface area is 92.8 Å². The van der Waals surface area contributed by atoms with E-state index in [2.05, 4.69) is 15.0 Å². The molecule has 2 aromatic heterocycles. The summed E-state index contributed by atoms with van der Waals surface area (Å²) in [5.74, 6) is 0.582. The quantitative estimate of drug-likeness (QED) is 0.843. The standard InChI is InChI=1S/C11H11N3O2/c1-8-9(7-15)5-13-11(14-8)16-10-3-2-4-12-6-10/h2-6,15H,7H2,1H3. The molecule has 0 bridgehead atoms. The van der Waals surface area contributed by atoms with Crippen molar-refractivity contribution in [2.75, 3.05) is 0 Å². The van der Waals surface area contributed by atoms with Crippen molar-refractivity contribution >= 4 is 0 Å². The summed E-state index contributed by atoms with van der Waals surface area (Å²) in [5, 5.41) is 8.97. The molecule has 2 aromatic rings. The minimum atomic E-state index is -0.0704. The topological polar surface area (TPSA) is 68.1 Å². The highest BCUT2D eigenvalue weighted by atomic mass is 16.5. The van der Waals surface area contributed by atoms with E-state index >= 15 is 0 Å². The molecule has 0 aliphatic heterocycles. The van der Waals surface area contributed by atoms with Gasteiger partial charge in [0, 0.05) is 18.0 Å². The Bertz CT molecular complexity index is 474. The molecule has 0 aromatic carbocycles. The van der Waals surface area contributed by atoms with Gasteiger partial charge in [-0.2, -0.15) is 4.98 Å². The van der Waals surface area contributed by atoms with Crippen LogP contribution in [0.4, 0.5) is 0 Å². The van der Waals surface area contributed by atoms with Crippen molar-refractivity contribution in [2.24, 2.45) is 0 Å². The largest absolute Gasteiger partial charge is 0.423 e. The van der Waals surface area contributed by atoms with Crippen LogP contribution in [-0.2, 0) is 6.61 Å². The molecule has 0 spiro atoms. The normalized spacial score (nSPS) is 10.1. The maximum atomic E-state index is 8.97. The average molecular weight is 217 g/mol. The van der Waals surface area contributed by atoms with Crippen LogP contribution in [0.2, 0.25) is 0 Å². The zero-order valence-corrected chi connectivity index (χ0v) is 8.79. The number of aliphatic hydroxyl groups is 1. The summed E-state index contributed by atoms with van der Waals surface area (Å²) < 4.78 is 5.39. The second kappa shape index (κ2) is 4.67. The molecule has 16 heavy (non-hydrogen) atoms. The van der Waals surface area contributed by atoms with Gasteiger partial charge in [0.15, 0.2) is 0 Å². The fraction of sp³-hybridized carbons (Fsp3) is 0.182. The molecule has 0 fully saturated rings. The van der Waals surface area contributed by atoms with Gasteiger partial charge in [-0.05, 0) is 19.1 Å². The Balaban J connectivity index is 2.20. The lowest BCUT2D eigenvalue weighted by molar-refractivity contribution is 0.279. The second-order valence-corrected chi connectivity index (χ2v) is 3.21. The van der Waals surface area contributed by atoms with Gasteiger partial charge in [0.1, 0.15) is 5.75 Å². The Hall–Kier alpha value is -2.01. The van der Waals surface area contributed by atoms with Crippen LogP contribution >= 0.6 is 0 Å². The number of pyridine rings is 1. The summed E-state index contributed by atoms with van der Waals surface area (Å²) in [6.07, 6.45) is 4.79. The molecule has 5 heteroatoms. The van der Waals surface area contributed by atoms with Crippen molar-refractivity contribution in [3.8, 4) is 11.8 Å². The highest BCUT2D eigenvalue weighted by molar-refractivity contribution is 5.22. The molecule has 0 radical (unpaired) electrons. The predicted molar refractivity (Wildman–Crippen MR) is 57.0 cm³/mol. The number of aromatic nitrogens is 3. The van der Waals surface area contributed by atoms with Crippen LogP contribution < -0.4 is 4.74 Å². The third kappa shape index (κ3) is 2.32. The lowest BCUT2D eigenvalue weighted by atomic mass is 10.3. The second-order valence-electron chi connectivity index (χ2n) is 3.21. The molecular formula is C11H11N3O2. The number of ether oxygens (including phenoxy) is 1. The van der Waals surface area contributed by atoms with Crippen LogP contribution in [0.15, 0.2) is 30.7 Å². The van der Waals surface area contributed by atoms with Gasteiger partial charge in [0.2, 0.25) is 0 Å². The number of hydrogen-bond donors (Lipinski definition) is 1. The molecule has 1 N–H and O–H groups in total. The fourth-order valence-electron chi connectivity index (χ4n) is 1.19. The number of aliphatic hydroxyl groups excluding tert-OH is 1. The van der Waals surface area contributed by atoms with Crippen LogP contribution in [0.5, 0.6) is 11.8 Å². The fourth-order valence-corrected chi connectivity index (χ4v) is 1.19. The maximum Gasteiger partial charge on any atom is 0.322 e. The Morgan fingerprint density at radius 1 is 1.38 bits per heavy atom. The molecule has 2 heterocycles. The minimum Gasteiger partial charge on any atom is -0.423 e. The number of nitrogens with zero attached hydrogens (tertiary/aromatic N) is 3. The zero-order chi connectivity index (χ0) is 11.4. The number of aryl methyl sites for hydroxylation is 1. The molecule has 0 amide bonds. The molecule has 0 unspecified atom stereocenters. The molecule has 0 aliphatic carbocycles. The van der Waals surface area contributed by atoms with Crippen LogP contribution in [0.25, 0.3) is 0 Å². The molecule has 0 aliphatic rings. The number of rotatable bonds is 3. The van der Waals surface area contributed by atoms with Crippen LogP contribution in [-0.4, -0.2) is 20.1 Å². The Kier molecular flexibility index (Phi) is 3.07. The minimum absolute atomic E-state index is 0.0704. The van der Waals surface area contributed by atoms with E-state index in [0.717, 1.165) is 0 Å². The lowest BCUT2D eigenvalue weighted by Crippen LogP contribution is -1.98. The van der Waals surface area contributed by atoms with Crippen LogP contribution in [0, 0.1) is 6.92 Å². The first-order valence-electron chi connectivity index (χ1n) is 4.81. The summed E-state index contributed by atoms with van der Waals surface area (Å²) in [6.45, 7) is 1.72. The Morgan fingerprint density at radius 3 is 2.88 bits per heavy atom. The van der Waals surface area contributed by atoms with E-state index in [4.69, 9.17) is 9.84 Å². The van der Waals surface area contributed by atoms with Gasteiger partial charge in [0.05, 0.1) is 18.5 Å². The monoisotopic (exact) mass is 217 g/mol. The van der Waals surface area contributed by atoms with E-state index in [1.165, 1.54) is 0 Å². The van der Waals surface area contributed by atoms with Gasteiger partial charge in [-0.15, -0.1) is 0 Å². The van der Waals surface area contributed by atoms with E-state index in [9.17, 15) is 0 Å². The van der Waals surface area contributed by atoms with Gasteiger partial charge in [-0.3, -0.25) is 4.98 Å². The van der Waals surface area contributed by atoms with E-state index in [-0.39, 0.29) is 12.6 Å². The molecule has 2 rings (SSSR count). The molecular weight excluding hydrogens is 206 g/mol. The zero-order valence-electron chi connectivity index (χ0n) is 8.79. The molecule has 0 atom stereocenters. The molecule has 0 saturated heterocycles. The first-order valence-corrected chi connectivity index (χ1v) is 4.81. The van der Waals surface area contributed by atoms with Gasteiger partial charge in [-0.25, -0.2) is 4.98 Å². The smallest absolute Gasteiger partial charge is 0.322 e. The van der Waals surface area contributed by atoms with Crippen molar-refractivity contribution < 1.29 is 9.84 Å². The van der Waals surface area contributed by atoms with Gasteiger partial charge in [-0.1, -0.05) is 0 Å². The Morgan fingerprint density at radius 2 is 2.25 bits per heavy atom. The van der Waals surface area contributed by atoms with E-state index in [1.54, 1.807) is 37.6 Å². The maximum absolute atomic E-state index is 8.97. The average Bonchev–Trinajstić information content (AvgIpc) is 2.31. The van der Waals surface area contributed by atoms with Crippen molar-refractivity contribution in [2.45, 2.75) is 13.5 Å². The molecule has 5 nitrogen and oxygen atoms in total. The van der Waals surface area contributed by atoms with Crippen LogP contribution in [0.3, 0.4) is 0 Å². The summed E-state index contributed by atoms with van der Waals surface area (Å²) in [7, 11) is 0. The third-order valence-corrected chi connectivity index (χ3v) is 2.07. The molecule has 82 valence electrons. The lowest BCUT2D eigenvalue weighted by Gasteiger charge is -2.05. The van der Waals surface area contributed by atoms with Crippen molar-refractivity contribution in [3.63, 3.8) is 0 Å². The van der Waals surface area contributed by atoms with Gasteiger partial charge >= 0.3 is 6.01 Å². The van der Waals surface area contributed by atoms with Crippen LogP contribution in [0.1, 0.15) is 11.3 Å². The third-order valence-electron chi connectivity index (χ3n) is 2.07. The first-order chi connectivity index (χ1) is 7.79. The highest BCUT2D eigenvalue weighted by Crippen LogP contribution is 2.16. The van der Waals surface area contributed by atoms with Gasteiger partial charge in [0.25, 0.3) is 0 Å². The summed E-state index contributed by atoms with van der Waals surface area (Å²) in [6, 6.07) is 3.79. The van der Waals surface area contributed by atoms with E-state index < -0.39 is 0 Å². The summed E-state index contributed by atoms with van der Waals surface area (Å²) in [4.78, 5) is 12.0. The SMILES string of the molecule is Cc1nc(Oc2cccnc2)ncc1CO. The van der Waals surface area contributed by atoms with E-state index in [0.29, 0.717) is 17.0 Å². The highest BCUT2D eigenvalue weighted by Gasteiger charge is 2.04. The first kappa shape index (κ1) is 10.5. The van der Waals surface area contributed by atoms with Crippen molar-refractivity contribution in [1.29, 1.82) is 0 Å². The van der Waals surface area contributed by atoms with Gasteiger partial charge < -0.3 is 9.84 Å². The predicted octanol–water partition coefficient (Wildman–Crippen LogP) is 1.46. The number of hydrogen-bond acceptors (Lipinski definition) is 5. The summed E-state index contributed by atoms with van der Waals surface area (Å²) >= 11 is 0. The summed E-state index contributed by atoms with van der Waals surface area (Å²) in [5.41, 5.74) is 1.40.